The van der Waals surface area contributed by atoms with Crippen molar-refractivity contribution in [3.05, 3.63) is 47.8 Å². The molecule has 3 amide bonds. The molecule has 1 saturated heterocycles. The molecule has 0 radical (unpaired) electrons. The third-order valence-electron chi connectivity index (χ3n) is 7.79. The van der Waals surface area contributed by atoms with E-state index in [-0.39, 0.29) is 30.1 Å². The number of pyridine rings is 1. The minimum absolute atomic E-state index is 0.00714. The molecular formula is C33H46N6O5. The summed E-state index contributed by atoms with van der Waals surface area (Å²) in [5.41, 5.74) is 2.02. The molecule has 4 rings (SSSR count). The monoisotopic (exact) mass is 606 g/mol. The highest BCUT2D eigenvalue weighted by Gasteiger charge is 2.31. The number of nitrogens with one attached hydrogen (secondary N) is 1. The lowest BCUT2D eigenvalue weighted by Crippen LogP contribution is -2.39. The van der Waals surface area contributed by atoms with E-state index in [9.17, 15) is 14.4 Å². The van der Waals surface area contributed by atoms with Crippen LogP contribution in [0.4, 0.5) is 10.7 Å². The van der Waals surface area contributed by atoms with Crippen molar-refractivity contribution in [1.82, 2.24) is 24.3 Å². The number of fused-ring (bicyclic) bond motifs is 1. The third kappa shape index (κ3) is 8.27. The predicted octanol–water partition coefficient (Wildman–Crippen LogP) is 5.98. The van der Waals surface area contributed by atoms with E-state index in [1.807, 2.05) is 50.5 Å². The van der Waals surface area contributed by atoms with Crippen molar-refractivity contribution < 1.29 is 23.9 Å². The standard InChI is InChI=1S/C33H46N6O5/c1-8-26(16-19-37(7)23(3)40)43-28-14-11-13-27-29(28)39(31(35-27)36-30(41)24-15-17-34-22(2)20-24)25-12-9-10-18-38(21-25)32(42)44-33(4,5)6/h11,13-15,17,20,25-26H,8-10,12,16,18-19,21H2,1-7H3,(H,35,36,41)/t25-,26?/m1/s1. The first-order valence-corrected chi connectivity index (χ1v) is 15.5. The first-order valence-electron chi connectivity index (χ1n) is 15.5. The Balaban J connectivity index is 1.75. The second-order valence-electron chi connectivity index (χ2n) is 12.5. The van der Waals surface area contributed by atoms with Crippen LogP contribution >= 0.6 is 0 Å². The van der Waals surface area contributed by atoms with Crippen molar-refractivity contribution in [2.75, 3.05) is 32.0 Å². The zero-order valence-electron chi connectivity index (χ0n) is 27.1. The summed E-state index contributed by atoms with van der Waals surface area (Å²) in [5, 5.41) is 3.04. The summed E-state index contributed by atoms with van der Waals surface area (Å²) in [4.78, 5) is 51.0. The molecule has 0 bridgehead atoms. The van der Waals surface area contributed by atoms with Gasteiger partial charge in [0.15, 0.2) is 0 Å². The molecule has 0 aliphatic carbocycles. The van der Waals surface area contributed by atoms with Crippen molar-refractivity contribution in [2.24, 2.45) is 0 Å². The Morgan fingerprint density at radius 3 is 2.64 bits per heavy atom. The van der Waals surface area contributed by atoms with Crippen molar-refractivity contribution >= 4 is 34.9 Å². The molecule has 1 aliphatic rings. The highest BCUT2D eigenvalue weighted by Crippen LogP contribution is 2.36. The molecule has 1 aromatic carbocycles. The fourth-order valence-corrected chi connectivity index (χ4v) is 5.36. The molecule has 3 heterocycles. The van der Waals surface area contributed by atoms with Crippen LogP contribution in [-0.4, -0.2) is 80.6 Å². The van der Waals surface area contributed by atoms with Crippen molar-refractivity contribution in [3.8, 4) is 5.75 Å². The van der Waals surface area contributed by atoms with E-state index in [4.69, 9.17) is 14.5 Å². The number of likely N-dealkylation sites (tertiary alicyclic amines) is 1. The number of aryl methyl sites for hydroxylation is 1. The normalized spacial score (nSPS) is 16.2. The molecule has 11 nitrogen and oxygen atoms in total. The number of para-hydroxylation sites is 1. The molecular weight excluding hydrogens is 560 g/mol. The zero-order chi connectivity index (χ0) is 32.0. The van der Waals surface area contributed by atoms with Gasteiger partial charge in [-0.15, -0.1) is 0 Å². The van der Waals surface area contributed by atoms with Crippen LogP contribution in [0.2, 0.25) is 0 Å². The minimum atomic E-state index is -0.616. The van der Waals surface area contributed by atoms with Gasteiger partial charge in [-0.05, 0) is 77.6 Å². The highest BCUT2D eigenvalue weighted by atomic mass is 16.6. The molecule has 1 fully saturated rings. The third-order valence-corrected chi connectivity index (χ3v) is 7.79. The van der Waals surface area contributed by atoms with Crippen LogP contribution in [0.1, 0.15) is 88.8 Å². The molecule has 0 spiro atoms. The molecule has 2 atom stereocenters. The number of amides is 3. The number of aromatic nitrogens is 3. The van der Waals surface area contributed by atoms with Crippen LogP contribution in [0.25, 0.3) is 11.0 Å². The van der Waals surface area contributed by atoms with Crippen LogP contribution in [0.15, 0.2) is 36.5 Å². The average Bonchev–Trinajstić information content (AvgIpc) is 3.14. The Morgan fingerprint density at radius 1 is 1.18 bits per heavy atom. The fraction of sp³-hybridized carbons (Fsp3) is 0.545. The molecule has 11 heteroatoms. The van der Waals surface area contributed by atoms with Gasteiger partial charge in [0.1, 0.15) is 23.0 Å². The minimum Gasteiger partial charge on any atom is -0.488 e. The Morgan fingerprint density at radius 2 is 1.95 bits per heavy atom. The van der Waals surface area contributed by atoms with Crippen LogP contribution in [-0.2, 0) is 9.53 Å². The van der Waals surface area contributed by atoms with Crippen molar-refractivity contribution in [2.45, 2.75) is 91.4 Å². The lowest BCUT2D eigenvalue weighted by molar-refractivity contribution is -0.127. The first kappa shape index (κ1) is 32.8. The number of benzene rings is 1. The number of nitrogens with zero attached hydrogens (tertiary/aromatic N) is 5. The van der Waals surface area contributed by atoms with E-state index in [1.165, 1.54) is 0 Å². The molecule has 1 N–H and O–H groups in total. The van der Waals surface area contributed by atoms with Gasteiger partial charge in [0.2, 0.25) is 11.9 Å². The zero-order valence-corrected chi connectivity index (χ0v) is 27.1. The smallest absolute Gasteiger partial charge is 0.410 e. The van der Waals surface area contributed by atoms with E-state index in [0.717, 1.165) is 36.9 Å². The van der Waals surface area contributed by atoms with Crippen molar-refractivity contribution in [1.29, 1.82) is 0 Å². The molecule has 2 aromatic heterocycles. The number of imidazole rings is 1. The van der Waals surface area contributed by atoms with Gasteiger partial charge in [-0.3, -0.25) is 19.9 Å². The number of anilines is 1. The number of carbonyl (C=O) groups is 3. The summed E-state index contributed by atoms with van der Waals surface area (Å²) in [6.07, 6.45) is 5.02. The van der Waals surface area contributed by atoms with E-state index >= 15 is 0 Å². The van der Waals surface area contributed by atoms with Crippen LogP contribution < -0.4 is 10.1 Å². The summed E-state index contributed by atoms with van der Waals surface area (Å²) in [7, 11) is 1.78. The maximum atomic E-state index is 13.4. The summed E-state index contributed by atoms with van der Waals surface area (Å²) in [6.45, 7) is 12.6. The van der Waals surface area contributed by atoms with Gasteiger partial charge in [-0.1, -0.05) is 13.0 Å². The summed E-state index contributed by atoms with van der Waals surface area (Å²) in [5.74, 6) is 0.732. The summed E-state index contributed by atoms with van der Waals surface area (Å²) < 4.78 is 14.4. The van der Waals surface area contributed by atoms with Gasteiger partial charge < -0.3 is 23.8 Å². The van der Waals surface area contributed by atoms with Gasteiger partial charge in [-0.2, -0.15) is 0 Å². The Labute approximate surface area is 259 Å². The topological polar surface area (TPSA) is 119 Å². The second-order valence-corrected chi connectivity index (χ2v) is 12.5. The maximum Gasteiger partial charge on any atom is 0.410 e. The van der Waals surface area contributed by atoms with Crippen LogP contribution in [0.3, 0.4) is 0 Å². The average molecular weight is 607 g/mol. The molecule has 3 aromatic rings. The molecule has 0 saturated carbocycles. The fourth-order valence-electron chi connectivity index (χ4n) is 5.36. The van der Waals surface area contributed by atoms with Gasteiger partial charge in [0, 0.05) is 57.5 Å². The van der Waals surface area contributed by atoms with Gasteiger partial charge >= 0.3 is 6.09 Å². The van der Waals surface area contributed by atoms with E-state index in [0.29, 0.717) is 48.8 Å². The second kappa shape index (κ2) is 14.1. The quantitative estimate of drug-likeness (QED) is 0.318. The van der Waals surface area contributed by atoms with Crippen LogP contribution in [0.5, 0.6) is 5.75 Å². The number of rotatable bonds is 9. The number of hydrogen-bond acceptors (Lipinski definition) is 7. The lowest BCUT2D eigenvalue weighted by Gasteiger charge is -2.30. The van der Waals surface area contributed by atoms with Gasteiger partial charge in [-0.25, -0.2) is 9.78 Å². The first-order chi connectivity index (χ1) is 20.9. The predicted molar refractivity (Wildman–Crippen MR) is 170 cm³/mol. The number of hydrogen-bond donors (Lipinski definition) is 1. The Kier molecular flexibility index (Phi) is 10.5. The lowest BCUT2D eigenvalue weighted by atomic mass is 10.1. The summed E-state index contributed by atoms with van der Waals surface area (Å²) in [6, 6.07) is 8.91. The SMILES string of the molecule is CCC(CCN(C)C(C)=O)Oc1cccc2nc(NC(=O)c3ccnc(C)c3)n([C@@H]3CCCCN(C(=O)OC(C)(C)C)C3)c12. The number of ether oxygens (including phenoxy) is 2. The van der Waals surface area contributed by atoms with E-state index < -0.39 is 5.60 Å². The maximum absolute atomic E-state index is 13.4. The van der Waals surface area contributed by atoms with Gasteiger partial charge in [0.25, 0.3) is 5.91 Å². The Bertz CT molecular complexity index is 1480. The molecule has 238 valence electrons. The van der Waals surface area contributed by atoms with Crippen LogP contribution in [0, 0.1) is 6.92 Å². The molecule has 1 unspecified atom stereocenters. The van der Waals surface area contributed by atoms with Crippen molar-refractivity contribution in [3.63, 3.8) is 0 Å². The van der Waals surface area contributed by atoms with E-state index in [2.05, 4.69) is 17.2 Å². The Hall–Kier alpha value is -4.15. The highest BCUT2D eigenvalue weighted by molar-refractivity contribution is 6.04. The number of carbonyl (C=O) groups excluding carboxylic acids is 3. The molecule has 44 heavy (non-hydrogen) atoms. The van der Waals surface area contributed by atoms with Gasteiger partial charge in [0.05, 0.1) is 11.6 Å². The summed E-state index contributed by atoms with van der Waals surface area (Å²) >= 11 is 0. The molecule has 1 aliphatic heterocycles. The largest absolute Gasteiger partial charge is 0.488 e. The van der Waals surface area contributed by atoms with E-state index in [1.54, 1.807) is 42.1 Å².